The zero-order valence-electron chi connectivity index (χ0n) is 10.5. The summed E-state index contributed by atoms with van der Waals surface area (Å²) in [6.07, 6.45) is 0.245. The third-order valence-electron chi connectivity index (χ3n) is 2.40. The normalized spacial score (nSPS) is 10.4. The summed E-state index contributed by atoms with van der Waals surface area (Å²) in [5.41, 5.74) is 11.0. The molecule has 102 valence electrons. The highest BCUT2D eigenvalue weighted by Crippen LogP contribution is 2.01. The van der Waals surface area contributed by atoms with Crippen LogP contribution < -0.4 is 11.5 Å². The van der Waals surface area contributed by atoms with Crippen molar-refractivity contribution in [2.45, 2.75) is 6.42 Å². The van der Waals surface area contributed by atoms with Crippen LogP contribution in [0.3, 0.4) is 0 Å². The van der Waals surface area contributed by atoms with Crippen LogP contribution in [0.15, 0.2) is 30.3 Å². The molecule has 0 saturated heterocycles. The van der Waals surface area contributed by atoms with Crippen LogP contribution in [-0.2, 0) is 20.8 Å². The lowest BCUT2D eigenvalue weighted by atomic mass is 10.1. The summed E-state index contributed by atoms with van der Waals surface area (Å²) in [4.78, 5) is 34.9. The molecule has 0 heterocycles. The molecule has 1 rings (SSSR count). The van der Waals surface area contributed by atoms with Crippen LogP contribution in [0.5, 0.6) is 0 Å². The van der Waals surface area contributed by atoms with E-state index in [0.29, 0.717) is 0 Å². The van der Waals surface area contributed by atoms with Gasteiger partial charge in [-0.2, -0.15) is 0 Å². The lowest BCUT2D eigenvalue weighted by molar-refractivity contribution is -0.124. The molecule has 0 unspecified atom stereocenters. The number of carbonyl (C=O) groups is 3. The molecule has 1 aromatic carbocycles. The first-order valence-electron chi connectivity index (χ1n) is 5.82. The summed E-state index contributed by atoms with van der Waals surface area (Å²) in [6.45, 7) is -0.353. The van der Waals surface area contributed by atoms with Gasteiger partial charge in [0.15, 0.2) is 5.78 Å². The van der Waals surface area contributed by atoms with Gasteiger partial charge in [0.25, 0.3) is 0 Å². The van der Waals surface area contributed by atoms with Gasteiger partial charge in [0, 0.05) is 6.42 Å². The van der Waals surface area contributed by atoms with Crippen molar-refractivity contribution in [2.24, 2.45) is 11.5 Å². The topological polar surface area (TPSA) is 106 Å². The smallest absolute Gasteiger partial charge is 0.231 e. The molecule has 6 nitrogen and oxygen atoms in total. The fourth-order valence-electron chi connectivity index (χ4n) is 1.74. The second kappa shape index (κ2) is 7.27. The van der Waals surface area contributed by atoms with Crippen molar-refractivity contribution in [3.63, 3.8) is 0 Å². The van der Waals surface area contributed by atoms with Crippen molar-refractivity contribution in [2.75, 3.05) is 19.6 Å². The van der Waals surface area contributed by atoms with Gasteiger partial charge in [-0.05, 0) is 5.56 Å². The minimum atomic E-state index is -0.603. The van der Waals surface area contributed by atoms with Gasteiger partial charge in [0.05, 0.1) is 19.6 Å². The molecule has 0 spiro atoms. The summed E-state index contributed by atoms with van der Waals surface area (Å²) in [5, 5.41) is 0. The number of nitrogens with zero attached hydrogens (tertiary/aromatic N) is 1. The minimum absolute atomic E-state index is 0.0270. The van der Waals surface area contributed by atoms with E-state index in [0.717, 1.165) is 5.56 Å². The maximum absolute atomic E-state index is 11.8. The second-order valence-corrected chi connectivity index (χ2v) is 4.28. The van der Waals surface area contributed by atoms with E-state index >= 15 is 0 Å². The number of nitrogens with two attached hydrogens (primary N) is 2. The Morgan fingerprint density at radius 2 is 1.42 bits per heavy atom. The number of carbonyl (C=O) groups excluding carboxylic acids is 3. The number of rotatable bonds is 8. The molecule has 0 saturated carbocycles. The first-order valence-corrected chi connectivity index (χ1v) is 5.82. The predicted octanol–water partition coefficient (Wildman–Crippen LogP) is -0.929. The molecule has 4 N–H and O–H groups in total. The molecule has 0 fully saturated rings. The largest absolute Gasteiger partial charge is 0.369 e. The van der Waals surface area contributed by atoms with E-state index < -0.39 is 11.8 Å². The van der Waals surface area contributed by atoms with Crippen LogP contribution in [0.25, 0.3) is 0 Å². The molecular weight excluding hydrogens is 246 g/mol. The predicted molar refractivity (Wildman–Crippen MR) is 70.0 cm³/mol. The Morgan fingerprint density at radius 1 is 0.895 bits per heavy atom. The molecule has 1 aromatic rings. The molecule has 0 aliphatic heterocycles. The average Bonchev–Trinajstić information content (AvgIpc) is 2.27. The summed E-state index contributed by atoms with van der Waals surface area (Å²) in [6, 6.07) is 9.22. The highest BCUT2D eigenvalue weighted by molar-refractivity contribution is 5.85. The van der Waals surface area contributed by atoms with Crippen molar-refractivity contribution in [3.05, 3.63) is 35.9 Å². The van der Waals surface area contributed by atoms with E-state index in [9.17, 15) is 14.4 Å². The molecule has 0 aliphatic carbocycles. The molecule has 2 amide bonds. The van der Waals surface area contributed by atoms with Crippen LogP contribution in [0.2, 0.25) is 0 Å². The van der Waals surface area contributed by atoms with E-state index in [2.05, 4.69) is 0 Å². The van der Waals surface area contributed by atoms with Gasteiger partial charge < -0.3 is 11.5 Å². The second-order valence-electron chi connectivity index (χ2n) is 4.28. The lowest BCUT2D eigenvalue weighted by Gasteiger charge is -2.17. The third-order valence-corrected chi connectivity index (χ3v) is 2.40. The number of Topliss-reactive ketones (excluding diaryl/α,β-unsaturated/α-hetero) is 1. The Labute approximate surface area is 111 Å². The maximum Gasteiger partial charge on any atom is 0.231 e. The zero-order valence-corrected chi connectivity index (χ0v) is 10.5. The Balaban J connectivity index is 2.55. The van der Waals surface area contributed by atoms with Crippen LogP contribution in [0.4, 0.5) is 0 Å². The molecule has 0 bridgehead atoms. The van der Waals surface area contributed by atoms with E-state index in [1.807, 2.05) is 30.3 Å². The fraction of sp³-hybridized carbons (Fsp3) is 0.308. The summed E-state index contributed by atoms with van der Waals surface area (Å²) in [5.74, 6) is -1.31. The number of primary amides is 2. The number of ketones is 1. The summed E-state index contributed by atoms with van der Waals surface area (Å²) < 4.78 is 0. The van der Waals surface area contributed by atoms with Crippen LogP contribution in [0, 0.1) is 0 Å². The van der Waals surface area contributed by atoms with Gasteiger partial charge in [0.1, 0.15) is 0 Å². The molecule has 19 heavy (non-hydrogen) atoms. The molecule has 0 radical (unpaired) electrons. The fourth-order valence-corrected chi connectivity index (χ4v) is 1.74. The highest BCUT2D eigenvalue weighted by atomic mass is 16.2. The zero-order chi connectivity index (χ0) is 14.3. The van der Waals surface area contributed by atoms with Crippen molar-refractivity contribution in [1.82, 2.24) is 4.90 Å². The number of hydrogen-bond donors (Lipinski definition) is 2. The number of hydrogen-bond acceptors (Lipinski definition) is 4. The third kappa shape index (κ3) is 6.32. The SMILES string of the molecule is NC(=O)CN(CC(N)=O)CC(=O)Cc1ccccc1. The van der Waals surface area contributed by atoms with Gasteiger partial charge in [-0.1, -0.05) is 30.3 Å². The first-order chi connectivity index (χ1) is 8.97. The summed E-state index contributed by atoms with van der Waals surface area (Å²) in [7, 11) is 0. The molecule has 0 atom stereocenters. The quantitative estimate of drug-likeness (QED) is 0.632. The van der Waals surface area contributed by atoms with E-state index in [1.165, 1.54) is 4.90 Å². The maximum atomic E-state index is 11.8. The van der Waals surface area contributed by atoms with E-state index in [1.54, 1.807) is 0 Å². The van der Waals surface area contributed by atoms with Crippen molar-refractivity contribution >= 4 is 17.6 Å². The highest BCUT2D eigenvalue weighted by Gasteiger charge is 2.15. The molecular formula is C13H17N3O3. The van der Waals surface area contributed by atoms with E-state index in [4.69, 9.17) is 11.5 Å². The number of amides is 2. The molecule has 0 aromatic heterocycles. The average molecular weight is 263 g/mol. The van der Waals surface area contributed by atoms with Gasteiger partial charge in [-0.3, -0.25) is 19.3 Å². The lowest BCUT2D eigenvalue weighted by Crippen LogP contribution is -2.42. The van der Waals surface area contributed by atoms with Gasteiger partial charge >= 0.3 is 0 Å². The van der Waals surface area contributed by atoms with E-state index in [-0.39, 0.29) is 31.8 Å². The van der Waals surface area contributed by atoms with Crippen molar-refractivity contribution in [1.29, 1.82) is 0 Å². The van der Waals surface area contributed by atoms with Gasteiger partial charge in [-0.25, -0.2) is 0 Å². The van der Waals surface area contributed by atoms with Crippen molar-refractivity contribution in [3.8, 4) is 0 Å². The van der Waals surface area contributed by atoms with Crippen LogP contribution in [0.1, 0.15) is 5.56 Å². The van der Waals surface area contributed by atoms with Gasteiger partial charge in [-0.15, -0.1) is 0 Å². The molecule has 6 heteroatoms. The summed E-state index contributed by atoms with van der Waals surface area (Å²) >= 11 is 0. The minimum Gasteiger partial charge on any atom is -0.369 e. The number of benzene rings is 1. The van der Waals surface area contributed by atoms with Crippen LogP contribution >= 0.6 is 0 Å². The van der Waals surface area contributed by atoms with Crippen LogP contribution in [-0.4, -0.2) is 42.1 Å². The van der Waals surface area contributed by atoms with Crippen molar-refractivity contribution < 1.29 is 14.4 Å². The Hall–Kier alpha value is -2.21. The monoisotopic (exact) mass is 263 g/mol. The van der Waals surface area contributed by atoms with Gasteiger partial charge in [0.2, 0.25) is 11.8 Å². The Kier molecular flexibility index (Phi) is 5.69. The standard InChI is InChI=1S/C13H17N3O3/c14-12(18)8-16(9-13(15)19)7-11(17)6-10-4-2-1-3-5-10/h1-5H,6-9H2,(H2,14,18)(H2,15,19). The Bertz CT molecular complexity index is 443. The first kappa shape index (κ1) is 14.8. The Morgan fingerprint density at radius 3 is 1.89 bits per heavy atom. The molecule has 0 aliphatic rings.